The van der Waals surface area contributed by atoms with Gasteiger partial charge in [-0.25, -0.2) is 4.79 Å². The molecule has 0 aliphatic heterocycles. The monoisotopic (exact) mass is 381 g/mol. The molecule has 0 amide bonds. The molecule has 2 N–H and O–H groups in total. The van der Waals surface area contributed by atoms with Crippen LogP contribution in [0.15, 0.2) is 29.6 Å². The zero-order valence-corrected chi connectivity index (χ0v) is 14.8. The Balaban J connectivity index is 1.98. The molecule has 0 unspecified atom stereocenters. The van der Waals surface area contributed by atoms with Gasteiger partial charge in [0.2, 0.25) is 0 Å². The number of halogens is 1. The van der Waals surface area contributed by atoms with Crippen molar-refractivity contribution in [2.45, 2.75) is 19.9 Å². The van der Waals surface area contributed by atoms with Gasteiger partial charge >= 0.3 is 11.7 Å². The van der Waals surface area contributed by atoms with Crippen LogP contribution in [0.4, 0.5) is 5.69 Å². The number of carbonyl (C=O) groups excluding carboxylic acids is 1. The van der Waals surface area contributed by atoms with Gasteiger partial charge in [-0.15, -0.1) is 0 Å². The third-order valence-electron chi connectivity index (χ3n) is 3.35. The summed E-state index contributed by atoms with van der Waals surface area (Å²) < 4.78 is 6.43. The summed E-state index contributed by atoms with van der Waals surface area (Å²) in [5.74, 6) is -0.334. The van der Waals surface area contributed by atoms with Crippen LogP contribution < -0.4 is 10.5 Å². The zero-order valence-electron chi connectivity index (χ0n) is 14.0. The first-order chi connectivity index (χ1) is 12.3. The molecular weight excluding hydrogens is 366 g/mol. The molecular formula is C15H16ClN5O5. The highest BCUT2D eigenvalue weighted by atomic mass is 35.5. The fourth-order valence-electron chi connectivity index (χ4n) is 2.08. The van der Waals surface area contributed by atoms with Crippen LogP contribution in [0.3, 0.4) is 0 Å². The van der Waals surface area contributed by atoms with Crippen LogP contribution in [0, 0.1) is 17.0 Å². The molecule has 0 aliphatic rings. The highest BCUT2D eigenvalue weighted by molar-refractivity contribution is 6.31. The molecule has 0 aliphatic carbocycles. The van der Waals surface area contributed by atoms with E-state index >= 15 is 0 Å². The SMILES string of the molecule is COc1ccc(Cl)cc1/C(N)=N/OC(=O)CCn1cc([N+](=O)[O-])c(C)n1. The minimum atomic E-state index is -0.676. The third-order valence-corrected chi connectivity index (χ3v) is 3.58. The van der Waals surface area contributed by atoms with E-state index < -0.39 is 10.9 Å². The number of carbonyl (C=O) groups is 1. The first-order valence-electron chi connectivity index (χ1n) is 7.37. The minimum Gasteiger partial charge on any atom is -0.496 e. The van der Waals surface area contributed by atoms with Gasteiger partial charge in [-0.2, -0.15) is 5.10 Å². The molecule has 0 fully saturated rings. The lowest BCUT2D eigenvalue weighted by atomic mass is 10.2. The largest absolute Gasteiger partial charge is 0.496 e. The van der Waals surface area contributed by atoms with Gasteiger partial charge in [0.25, 0.3) is 0 Å². The van der Waals surface area contributed by atoms with E-state index in [2.05, 4.69) is 10.3 Å². The van der Waals surface area contributed by atoms with Crippen LogP contribution in [-0.2, 0) is 16.2 Å². The van der Waals surface area contributed by atoms with E-state index in [1.54, 1.807) is 12.1 Å². The molecule has 1 aromatic heterocycles. The second-order valence-corrected chi connectivity index (χ2v) is 5.59. The van der Waals surface area contributed by atoms with Gasteiger partial charge in [-0.05, 0) is 25.1 Å². The smallest absolute Gasteiger partial charge is 0.336 e. The molecule has 0 radical (unpaired) electrons. The molecule has 0 saturated heterocycles. The lowest BCUT2D eigenvalue weighted by molar-refractivity contribution is -0.385. The van der Waals surface area contributed by atoms with Crippen molar-refractivity contribution < 1.29 is 19.3 Å². The average molecular weight is 382 g/mol. The van der Waals surface area contributed by atoms with Gasteiger partial charge in [0, 0.05) is 5.02 Å². The summed E-state index contributed by atoms with van der Waals surface area (Å²) in [7, 11) is 1.46. The zero-order chi connectivity index (χ0) is 19.3. The van der Waals surface area contributed by atoms with E-state index in [1.807, 2.05) is 0 Å². The number of nitrogens with two attached hydrogens (primary N) is 1. The van der Waals surface area contributed by atoms with E-state index in [9.17, 15) is 14.9 Å². The fourth-order valence-corrected chi connectivity index (χ4v) is 2.25. The molecule has 2 aromatic rings. The number of hydrogen-bond donors (Lipinski definition) is 1. The molecule has 11 heteroatoms. The molecule has 10 nitrogen and oxygen atoms in total. The summed E-state index contributed by atoms with van der Waals surface area (Å²) in [5.41, 5.74) is 6.32. The van der Waals surface area contributed by atoms with Gasteiger partial charge in [-0.1, -0.05) is 16.8 Å². The van der Waals surface area contributed by atoms with Crippen molar-refractivity contribution in [3.05, 3.63) is 50.8 Å². The molecule has 138 valence electrons. The van der Waals surface area contributed by atoms with E-state index in [4.69, 9.17) is 26.9 Å². The second-order valence-electron chi connectivity index (χ2n) is 5.15. The lowest BCUT2D eigenvalue weighted by Crippen LogP contribution is -2.17. The standard InChI is InChI=1S/C15H16ClN5O5/c1-9-12(21(23)24)8-20(18-9)6-5-14(22)26-19-15(17)11-7-10(16)3-4-13(11)25-2/h3-4,7-8H,5-6H2,1-2H3,(H2,17,19). The number of amidine groups is 1. The maximum absolute atomic E-state index is 11.8. The van der Waals surface area contributed by atoms with Crippen molar-refractivity contribution in [2.75, 3.05) is 7.11 Å². The van der Waals surface area contributed by atoms with Crippen LogP contribution in [0.2, 0.25) is 5.02 Å². The number of ether oxygens (including phenoxy) is 1. The highest BCUT2D eigenvalue weighted by Gasteiger charge is 2.16. The van der Waals surface area contributed by atoms with Crippen molar-refractivity contribution in [2.24, 2.45) is 10.9 Å². The van der Waals surface area contributed by atoms with Crippen LogP contribution >= 0.6 is 11.6 Å². The first-order valence-corrected chi connectivity index (χ1v) is 7.75. The number of oxime groups is 1. The maximum atomic E-state index is 11.8. The summed E-state index contributed by atoms with van der Waals surface area (Å²) in [6, 6.07) is 4.75. The van der Waals surface area contributed by atoms with Crippen molar-refractivity contribution in [1.82, 2.24) is 9.78 Å². The average Bonchev–Trinajstić information content (AvgIpc) is 2.98. The molecule has 1 heterocycles. The fraction of sp³-hybridized carbons (Fsp3) is 0.267. The van der Waals surface area contributed by atoms with E-state index in [-0.39, 0.29) is 30.2 Å². The van der Waals surface area contributed by atoms with Crippen molar-refractivity contribution in [3.8, 4) is 5.75 Å². The Kier molecular flexibility index (Phi) is 6.12. The molecule has 2 rings (SSSR count). The number of rotatable bonds is 7. The molecule has 26 heavy (non-hydrogen) atoms. The first kappa shape index (κ1) is 19.2. The van der Waals surface area contributed by atoms with Gasteiger partial charge in [0.15, 0.2) is 5.84 Å². The van der Waals surface area contributed by atoms with Crippen LogP contribution in [0.5, 0.6) is 5.75 Å². The van der Waals surface area contributed by atoms with Crippen LogP contribution in [0.1, 0.15) is 17.7 Å². The van der Waals surface area contributed by atoms with Gasteiger partial charge in [0.05, 0.1) is 30.6 Å². The normalized spacial score (nSPS) is 11.3. The molecule has 0 bridgehead atoms. The molecule has 0 atom stereocenters. The van der Waals surface area contributed by atoms with Crippen molar-refractivity contribution in [1.29, 1.82) is 0 Å². The predicted molar refractivity (Wildman–Crippen MR) is 93.1 cm³/mol. The lowest BCUT2D eigenvalue weighted by Gasteiger charge is -2.07. The van der Waals surface area contributed by atoms with E-state index in [1.165, 1.54) is 31.0 Å². The van der Waals surface area contributed by atoms with Gasteiger partial charge in [0.1, 0.15) is 17.6 Å². The summed E-state index contributed by atoms with van der Waals surface area (Å²) in [5, 5.41) is 18.7. The Morgan fingerprint density at radius 3 is 2.85 bits per heavy atom. The Labute approximate surface area is 153 Å². The Morgan fingerprint density at radius 2 is 2.23 bits per heavy atom. The number of benzene rings is 1. The molecule has 0 saturated carbocycles. The minimum absolute atomic E-state index is 0.0803. The number of aryl methyl sites for hydroxylation is 2. The quantitative estimate of drug-likeness (QED) is 0.255. The third kappa shape index (κ3) is 4.70. The number of aromatic nitrogens is 2. The van der Waals surface area contributed by atoms with Gasteiger partial charge in [-0.3, -0.25) is 14.8 Å². The van der Waals surface area contributed by atoms with E-state index in [0.717, 1.165) is 0 Å². The van der Waals surface area contributed by atoms with Crippen LogP contribution in [0.25, 0.3) is 0 Å². The van der Waals surface area contributed by atoms with Crippen molar-refractivity contribution >= 4 is 29.1 Å². The Morgan fingerprint density at radius 1 is 1.50 bits per heavy atom. The predicted octanol–water partition coefficient (Wildman–Crippen LogP) is 2.02. The summed E-state index contributed by atoms with van der Waals surface area (Å²) in [6.45, 7) is 1.61. The summed E-state index contributed by atoms with van der Waals surface area (Å²) in [4.78, 5) is 26.8. The number of methoxy groups -OCH3 is 1. The summed E-state index contributed by atoms with van der Waals surface area (Å²) >= 11 is 5.90. The maximum Gasteiger partial charge on any atom is 0.336 e. The number of nitro groups is 1. The highest BCUT2D eigenvalue weighted by Crippen LogP contribution is 2.22. The van der Waals surface area contributed by atoms with Gasteiger partial charge < -0.3 is 15.3 Å². The molecule has 0 spiro atoms. The summed E-state index contributed by atoms with van der Waals surface area (Å²) in [6.07, 6.45) is 1.15. The number of nitrogens with zero attached hydrogens (tertiary/aromatic N) is 4. The second kappa shape index (κ2) is 8.30. The van der Waals surface area contributed by atoms with Crippen LogP contribution in [-0.4, -0.2) is 33.6 Å². The Hall–Kier alpha value is -3.14. The molecule has 1 aromatic carbocycles. The van der Waals surface area contributed by atoms with E-state index in [0.29, 0.717) is 16.3 Å². The van der Waals surface area contributed by atoms with Crippen molar-refractivity contribution in [3.63, 3.8) is 0 Å². The Bertz CT molecular complexity index is 864. The topological polar surface area (TPSA) is 135 Å². The number of hydrogen-bond acceptors (Lipinski definition) is 7.